The Hall–Kier alpha value is -3.35. The summed E-state index contributed by atoms with van der Waals surface area (Å²) in [6, 6.07) is 1.22. The summed E-state index contributed by atoms with van der Waals surface area (Å²) < 4.78 is 54.1. The molecule has 3 heterocycles. The molecular weight excluding hydrogens is 508 g/mol. The SMILES string of the molecule is Nc1ncnc(N2CC[C@H](C(=O)O)[C@@H](N3CCCC(Nc4cc(Cl)cc(C(F)(F)F)c4)C3=O)C2)c1F. The van der Waals surface area contributed by atoms with Crippen LogP contribution in [0.15, 0.2) is 24.5 Å². The summed E-state index contributed by atoms with van der Waals surface area (Å²) in [6.07, 6.45) is -2.60. The van der Waals surface area contributed by atoms with Crippen LogP contribution in [-0.2, 0) is 15.8 Å². The van der Waals surface area contributed by atoms with Gasteiger partial charge in [-0.15, -0.1) is 0 Å². The Labute approximate surface area is 208 Å². The number of nitrogens with one attached hydrogen (secondary N) is 1. The van der Waals surface area contributed by atoms with Gasteiger partial charge in [0.15, 0.2) is 11.6 Å². The van der Waals surface area contributed by atoms with Crippen molar-refractivity contribution in [3.05, 3.63) is 40.9 Å². The van der Waals surface area contributed by atoms with Crippen LogP contribution in [0.3, 0.4) is 0 Å². The van der Waals surface area contributed by atoms with Crippen LogP contribution in [-0.4, -0.2) is 63.6 Å². The minimum Gasteiger partial charge on any atom is -0.481 e. The second-order valence-corrected chi connectivity index (χ2v) is 9.18. The Morgan fingerprint density at radius 2 is 1.94 bits per heavy atom. The average molecular weight is 531 g/mol. The van der Waals surface area contributed by atoms with E-state index in [0.29, 0.717) is 12.8 Å². The van der Waals surface area contributed by atoms with Gasteiger partial charge in [0.05, 0.1) is 17.5 Å². The third kappa shape index (κ3) is 5.25. The predicted molar refractivity (Wildman–Crippen MR) is 123 cm³/mol. The number of halogens is 5. The molecule has 1 amide bonds. The maximum atomic E-state index is 14.6. The number of piperidine rings is 2. The zero-order valence-electron chi connectivity index (χ0n) is 18.8. The lowest BCUT2D eigenvalue weighted by Gasteiger charge is -2.45. The number of amides is 1. The number of carbonyl (C=O) groups is 2. The number of carboxylic acid groups (broad SMARTS) is 1. The lowest BCUT2D eigenvalue weighted by Crippen LogP contribution is -2.61. The number of nitrogen functional groups attached to an aromatic ring is 1. The molecule has 2 aliphatic heterocycles. The molecule has 2 aromatic rings. The van der Waals surface area contributed by atoms with E-state index in [0.717, 1.165) is 18.5 Å². The highest BCUT2D eigenvalue weighted by Gasteiger charge is 2.43. The Morgan fingerprint density at radius 1 is 1.19 bits per heavy atom. The summed E-state index contributed by atoms with van der Waals surface area (Å²) in [7, 11) is 0. The first-order valence-corrected chi connectivity index (χ1v) is 11.5. The van der Waals surface area contributed by atoms with Gasteiger partial charge in [-0.25, -0.2) is 9.97 Å². The van der Waals surface area contributed by atoms with Crippen molar-refractivity contribution < 1.29 is 32.3 Å². The van der Waals surface area contributed by atoms with E-state index < -0.39 is 47.4 Å². The van der Waals surface area contributed by atoms with Gasteiger partial charge in [0.1, 0.15) is 12.4 Å². The number of hydrogen-bond acceptors (Lipinski definition) is 7. The molecule has 14 heteroatoms. The molecule has 36 heavy (non-hydrogen) atoms. The van der Waals surface area contributed by atoms with E-state index in [1.165, 1.54) is 15.9 Å². The number of nitrogens with two attached hydrogens (primary N) is 1. The van der Waals surface area contributed by atoms with Crippen LogP contribution in [0.2, 0.25) is 5.02 Å². The van der Waals surface area contributed by atoms with Gasteiger partial charge in [-0.3, -0.25) is 9.59 Å². The third-order valence-electron chi connectivity index (χ3n) is 6.44. The quantitative estimate of drug-likeness (QED) is 0.503. The average Bonchev–Trinajstić information content (AvgIpc) is 2.81. The molecule has 2 fully saturated rings. The van der Waals surface area contributed by atoms with Crippen LogP contribution in [0.5, 0.6) is 0 Å². The fourth-order valence-electron chi connectivity index (χ4n) is 4.72. The van der Waals surface area contributed by atoms with E-state index in [9.17, 15) is 32.3 Å². The highest BCUT2D eigenvalue weighted by molar-refractivity contribution is 6.31. The Bertz CT molecular complexity index is 1170. The number of aromatic nitrogens is 2. The number of anilines is 3. The number of rotatable bonds is 5. The van der Waals surface area contributed by atoms with Crippen molar-refractivity contribution in [3.8, 4) is 0 Å². The van der Waals surface area contributed by atoms with Gasteiger partial charge in [0.2, 0.25) is 11.7 Å². The maximum Gasteiger partial charge on any atom is 0.416 e. The predicted octanol–water partition coefficient (Wildman–Crippen LogP) is 3.25. The van der Waals surface area contributed by atoms with Gasteiger partial charge in [-0.2, -0.15) is 17.6 Å². The zero-order chi connectivity index (χ0) is 26.2. The number of hydrogen-bond donors (Lipinski definition) is 3. The van der Waals surface area contributed by atoms with Gasteiger partial charge >= 0.3 is 12.1 Å². The van der Waals surface area contributed by atoms with Crippen LogP contribution in [0, 0.1) is 11.7 Å². The van der Waals surface area contributed by atoms with Crippen molar-refractivity contribution in [2.24, 2.45) is 5.92 Å². The Kier molecular flexibility index (Phi) is 7.12. The molecule has 0 radical (unpaired) electrons. The first-order valence-electron chi connectivity index (χ1n) is 11.1. The number of alkyl halides is 3. The van der Waals surface area contributed by atoms with Crippen LogP contribution in [0.1, 0.15) is 24.8 Å². The van der Waals surface area contributed by atoms with Crippen molar-refractivity contribution in [1.82, 2.24) is 14.9 Å². The first kappa shape index (κ1) is 25.7. The number of aliphatic carboxylic acids is 1. The number of likely N-dealkylation sites (tertiary alicyclic amines) is 1. The number of nitrogens with zero attached hydrogens (tertiary/aromatic N) is 4. The molecule has 4 rings (SSSR count). The fourth-order valence-corrected chi connectivity index (χ4v) is 4.96. The van der Waals surface area contributed by atoms with E-state index in [1.807, 2.05) is 0 Å². The minimum absolute atomic E-state index is 0.0157. The van der Waals surface area contributed by atoms with Crippen LogP contribution < -0.4 is 16.0 Å². The molecule has 2 aliphatic rings. The molecule has 4 N–H and O–H groups in total. The highest BCUT2D eigenvalue weighted by atomic mass is 35.5. The van der Waals surface area contributed by atoms with E-state index in [1.54, 1.807) is 0 Å². The molecule has 0 bridgehead atoms. The molecule has 1 aromatic heterocycles. The molecule has 1 unspecified atom stereocenters. The summed E-state index contributed by atoms with van der Waals surface area (Å²) in [5.74, 6) is -3.76. The van der Waals surface area contributed by atoms with E-state index in [2.05, 4.69) is 15.3 Å². The molecule has 3 atom stereocenters. The van der Waals surface area contributed by atoms with E-state index in [-0.39, 0.29) is 48.4 Å². The van der Waals surface area contributed by atoms with Crippen LogP contribution in [0.4, 0.5) is 34.9 Å². The summed E-state index contributed by atoms with van der Waals surface area (Å²) >= 11 is 5.86. The molecule has 0 spiro atoms. The molecular formula is C22H23ClF4N6O3. The highest BCUT2D eigenvalue weighted by Crippen LogP contribution is 2.35. The second-order valence-electron chi connectivity index (χ2n) is 8.74. The maximum absolute atomic E-state index is 14.6. The molecule has 2 saturated heterocycles. The van der Waals surface area contributed by atoms with Crippen LogP contribution in [0.25, 0.3) is 0 Å². The lowest BCUT2D eigenvalue weighted by atomic mass is 9.88. The lowest BCUT2D eigenvalue weighted by molar-refractivity contribution is -0.149. The van der Waals surface area contributed by atoms with Crippen LogP contribution >= 0.6 is 11.6 Å². The molecule has 1 aromatic carbocycles. The normalized spacial score (nSPS) is 23.0. The number of benzene rings is 1. The summed E-state index contributed by atoms with van der Waals surface area (Å²) in [5, 5.41) is 12.5. The Balaban J connectivity index is 1.57. The van der Waals surface area contributed by atoms with Crippen molar-refractivity contribution in [2.75, 3.05) is 35.6 Å². The van der Waals surface area contributed by atoms with Gasteiger partial charge in [0, 0.05) is 30.3 Å². The largest absolute Gasteiger partial charge is 0.481 e. The van der Waals surface area contributed by atoms with Gasteiger partial charge in [-0.1, -0.05) is 11.6 Å². The van der Waals surface area contributed by atoms with E-state index >= 15 is 0 Å². The van der Waals surface area contributed by atoms with E-state index in [4.69, 9.17) is 17.3 Å². The summed E-state index contributed by atoms with van der Waals surface area (Å²) in [6.45, 7) is 0.405. The molecule has 0 saturated carbocycles. The minimum atomic E-state index is -4.62. The Morgan fingerprint density at radius 3 is 2.64 bits per heavy atom. The van der Waals surface area contributed by atoms with Gasteiger partial charge in [0.25, 0.3) is 0 Å². The van der Waals surface area contributed by atoms with Crippen molar-refractivity contribution in [2.45, 2.75) is 37.5 Å². The molecule has 9 nitrogen and oxygen atoms in total. The second kappa shape index (κ2) is 9.96. The van der Waals surface area contributed by atoms with Crippen molar-refractivity contribution in [3.63, 3.8) is 0 Å². The van der Waals surface area contributed by atoms with Gasteiger partial charge < -0.3 is 26.0 Å². The first-order chi connectivity index (χ1) is 17.0. The van der Waals surface area contributed by atoms with Crippen molar-refractivity contribution in [1.29, 1.82) is 0 Å². The van der Waals surface area contributed by atoms with Crippen molar-refractivity contribution >= 4 is 40.8 Å². The standard InChI is InChI=1S/C22H23ClF4N6O3/c23-12-6-11(22(25,26)27)7-13(8-12)31-15-2-1-4-33(20(15)34)16-9-32(5-3-14(16)21(35)36)19-17(24)18(28)29-10-30-19/h6-8,10,14-16,31H,1-5,9H2,(H,35,36)(H2,28,29,30)/t14-,15?,16-/m0/s1. The fraction of sp³-hybridized carbons (Fsp3) is 0.455. The molecule has 194 valence electrons. The summed E-state index contributed by atoms with van der Waals surface area (Å²) in [4.78, 5) is 35.9. The monoisotopic (exact) mass is 530 g/mol. The number of carboxylic acids is 1. The summed E-state index contributed by atoms with van der Waals surface area (Å²) in [5.41, 5.74) is 4.60. The number of carbonyl (C=O) groups excluding carboxylic acids is 1. The van der Waals surface area contributed by atoms with Gasteiger partial charge in [-0.05, 0) is 37.5 Å². The third-order valence-corrected chi connectivity index (χ3v) is 6.65. The molecule has 0 aliphatic carbocycles. The zero-order valence-corrected chi connectivity index (χ0v) is 19.6. The smallest absolute Gasteiger partial charge is 0.416 e. The topological polar surface area (TPSA) is 125 Å².